The number of aliphatic imine (C=N–C) groups is 2. The fourth-order valence-electron chi connectivity index (χ4n) is 11.9. The highest BCUT2D eigenvalue weighted by atomic mass is 32.2. The number of carboxylic acids is 1. The minimum atomic E-state index is -1.78. The van der Waals surface area contributed by atoms with E-state index in [9.17, 15) is 77.3 Å². The van der Waals surface area contributed by atoms with E-state index in [-0.39, 0.29) is 141 Å². The molecule has 0 unspecified atom stereocenters. The number of thioether (sulfide) groups is 1. The van der Waals surface area contributed by atoms with Gasteiger partial charge in [-0.3, -0.25) is 77.1 Å². The predicted molar refractivity (Wildman–Crippen MR) is 377 cm³/mol. The molecule has 4 rings (SSSR count). The van der Waals surface area contributed by atoms with Gasteiger partial charge >= 0.3 is 5.97 Å². The van der Waals surface area contributed by atoms with Crippen molar-refractivity contribution in [3.05, 3.63) is 18.2 Å². The number of carbonyl (C=O) groups excluding carboxylic acids is 13. The average Bonchev–Trinajstić information content (AvgIpc) is 1.73. The van der Waals surface area contributed by atoms with Crippen LogP contribution in [0.4, 0.5) is 0 Å². The third-order valence-electron chi connectivity index (χ3n) is 17.4. The maximum atomic E-state index is 14.5. The summed E-state index contributed by atoms with van der Waals surface area (Å²) in [6.07, 6.45) is 6.78. The lowest BCUT2D eigenvalue weighted by molar-refractivity contribution is -0.145. The van der Waals surface area contributed by atoms with Gasteiger partial charge in [0.2, 0.25) is 76.8 Å². The van der Waals surface area contributed by atoms with Gasteiger partial charge in [0.25, 0.3) is 0 Å². The number of nitrogens with one attached hydrogen (secondary N) is 10. The van der Waals surface area contributed by atoms with E-state index < -0.39 is 168 Å². The average molecular weight is 1470 g/mol. The second-order valence-corrected chi connectivity index (χ2v) is 27.0. The van der Waals surface area contributed by atoms with Crippen LogP contribution in [0.3, 0.4) is 0 Å². The zero-order valence-corrected chi connectivity index (χ0v) is 59.8. The molecule has 12 atom stereocenters. The molecule has 3 saturated heterocycles. The van der Waals surface area contributed by atoms with Crippen LogP contribution in [0.25, 0.3) is 0 Å². The molecule has 40 heteroatoms. The van der Waals surface area contributed by atoms with E-state index in [1.54, 1.807) is 13.8 Å². The number of carboxylic acid groups (broad SMARTS) is 1. The fourth-order valence-corrected chi connectivity index (χ4v) is 12.4. The molecule has 3 fully saturated rings. The lowest BCUT2D eigenvalue weighted by Gasteiger charge is -2.31. The van der Waals surface area contributed by atoms with Crippen LogP contribution in [0, 0.1) is 5.92 Å². The third-order valence-corrected chi connectivity index (χ3v) is 18.1. The summed E-state index contributed by atoms with van der Waals surface area (Å²) in [6.45, 7) is 3.80. The maximum Gasteiger partial charge on any atom is 0.325 e. The summed E-state index contributed by atoms with van der Waals surface area (Å²) in [6, 6.07) is -15.4. The number of aromatic amines is 1. The number of aromatic nitrogens is 2. The Kier molecular flexibility index (Phi) is 36.9. The highest BCUT2D eigenvalue weighted by Gasteiger charge is 2.43. The summed E-state index contributed by atoms with van der Waals surface area (Å²) in [4.78, 5) is 210. The first-order valence-corrected chi connectivity index (χ1v) is 36.1. The Balaban J connectivity index is 1.50. The summed E-state index contributed by atoms with van der Waals surface area (Å²) in [7, 11) is 0. The van der Waals surface area contributed by atoms with Crippen LogP contribution in [0.2, 0.25) is 0 Å². The summed E-state index contributed by atoms with van der Waals surface area (Å²) >= 11 is 1.42. The first-order chi connectivity index (χ1) is 48.9. The van der Waals surface area contributed by atoms with Crippen molar-refractivity contribution in [2.75, 3.05) is 64.4 Å². The van der Waals surface area contributed by atoms with Crippen LogP contribution in [0.15, 0.2) is 22.5 Å². The van der Waals surface area contributed by atoms with Gasteiger partial charge in [-0.15, -0.1) is 0 Å². The molecule has 1 aromatic heterocycles. The molecule has 0 bridgehead atoms. The van der Waals surface area contributed by atoms with Crippen molar-refractivity contribution in [1.29, 1.82) is 0 Å². The van der Waals surface area contributed by atoms with E-state index >= 15 is 0 Å². The first kappa shape index (κ1) is 86.0. The molecular formula is C63H107N23O16S. The number of rotatable bonds is 45. The summed E-state index contributed by atoms with van der Waals surface area (Å²) in [5.74, 6) is -11.6. The molecule has 576 valence electrons. The van der Waals surface area contributed by atoms with Gasteiger partial charge in [-0.05, 0) is 134 Å². The number of hydrogen-bond donors (Lipinski definition) is 19. The molecule has 3 aliphatic heterocycles. The van der Waals surface area contributed by atoms with Crippen LogP contribution < -0.4 is 88.0 Å². The van der Waals surface area contributed by atoms with Gasteiger partial charge in [-0.2, -0.15) is 11.8 Å². The summed E-state index contributed by atoms with van der Waals surface area (Å²) < 4.78 is 0. The van der Waals surface area contributed by atoms with Gasteiger partial charge in [0.1, 0.15) is 66.5 Å². The Morgan fingerprint density at radius 3 is 1.57 bits per heavy atom. The molecule has 4 heterocycles. The molecule has 0 radical (unpaired) electrons. The van der Waals surface area contributed by atoms with E-state index in [0.717, 1.165) is 0 Å². The molecule has 0 saturated carbocycles. The van der Waals surface area contributed by atoms with Gasteiger partial charge in [-0.1, -0.05) is 13.8 Å². The smallest absolute Gasteiger partial charge is 0.325 e. The number of guanidine groups is 2. The van der Waals surface area contributed by atoms with Gasteiger partial charge in [0, 0.05) is 57.5 Å². The molecule has 0 aliphatic carbocycles. The zero-order chi connectivity index (χ0) is 76.5. The Labute approximate surface area is 601 Å². The van der Waals surface area contributed by atoms with Crippen molar-refractivity contribution >= 4 is 106 Å². The molecule has 103 heavy (non-hydrogen) atoms. The number of H-pyrrole nitrogens is 1. The molecule has 13 amide bonds. The number of imidazole rings is 1. The fraction of sp³-hybridized carbons (Fsp3) is 0.698. The number of likely N-dealkylation sites (tertiary alicyclic amines) is 3. The van der Waals surface area contributed by atoms with Crippen molar-refractivity contribution in [3.63, 3.8) is 0 Å². The van der Waals surface area contributed by atoms with Gasteiger partial charge in [0.15, 0.2) is 11.9 Å². The van der Waals surface area contributed by atoms with E-state index in [2.05, 4.69) is 67.8 Å². The second kappa shape index (κ2) is 44.2. The lowest BCUT2D eigenvalue weighted by Crippen LogP contribution is -2.61. The molecule has 0 spiro atoms. The first-order valence-electron chi connectivity index (χ1n) is 34.7. The SMILES string of the molecule is CSCC[C@H](NC(=O)[C@@H]1CCCN1C(=O)CNC(=O)[C@@H](CCCCN)NC(=O)[C@H](Cc1cnc[nH]1)NC(=O)[C@H](CO)NC(=O)[C@H](CC(C)C)NC(=O)[C@H](CCCN=C(N)N)NC(=O)[C@@H]1CCCN1C(=O)[C@H](CCCN=C(N)N)NC(=O)[C@@H](N)CCC(N)=O)C(=O)N1CCC[C@H]1C(=O)N[C@H](C)C(=O)O. The number of carbonyl (C=O) groups is 14. The Bertz CT molecular complexity index is 3120. The van der Waals surface area contributed by atoms with E-state index in [1.165, 1.54) is 45.9 Å². The molecular weight excluding hydrogens is 1370 g/mol. The van der Waals surface area contributed by atoms with Crippen LogP contribution in [-0.2, 0) is 73.5 Å². The normalized spacial score (nSPS) is 18.2. The van der Waals surface area contributed by atoms with E-state index in [4.69, 9.17) is 40.1 Å². The maximum absolute atomic E-state index is 14.5. The number of aliphatic hydroxyl groups is 1. The van der Waals surface area contributed by atoms with Gasteiger partial charge < -0.3 is 118 Å². The number of aliphatic carboxylic acids is 1. The molecule has 26 N–H and O–H groups in total. The lowest BCUT2D eigenvalue weighted by atomic mass is 10.0. The van der Waals surface area contributed by atoms with Gasteiger partial charge in [-0.25, -0.2) is 4.98 Å². The second-order valence-electron chi connectivity index (χ2n) is 26.0. The Morgan fingerprint density at radius 2 is 1.05 bits per heavy atom. The number of primary amides is 1. The predicted octanol–water partition coefficient (Wildman–Crippen LogP) is -7.36. The molecule has 0 aromatic carbocycles. The minimum Gasteiger partial charge on any atom is -0.480 e. The van der Waals surface area contributed by atoms with Crippen molar-refractivity contribution in [3.8, 4) is 0 Å². The Hall–Kier alpha value is -9.44. The van der Waals surface area contributed by atoms with Crippen LogP contribution >= 0.6 is 11.8 Å². The molecule has 39 nitrogen and oxygen atoms in total. The van der Waals surface area contributed by atoms with Crippen LogP contribution in [-0.4, -0.2) is 266 Å². The van der Waals surface area contributed by atoms with Crippen molar-refractivity contribution in [1.82, 2.24) is 72.5 Å². The number of amides is 13. The minimum absolute atomic E-state index is 0.00341. The van der Waals surface area contributed by atoms with Crippen molar-refractivity contribution in [2.24, 2.45) is 56.0 Å². The number of aliphatic hydroxyl groups excluding tert-OH is 1. The molecule has 3 aliphatic rings. The largest absolute Gasteiger partial charge is 0.480 e. The van der Waals surface area contributed by atoms with E-state index in [1.807, 2.05) is 6.26 Å². The number of nitrogens with zero attached hydrogens (tertiary/aromatic N) is 6. The standard InChI is InChI=1S/C63H107N23O16S/c1-34(2)28-42(81-52(92)39(13-7-22-72-62(67)68)78-58(98)47-17-11-26-86(47)59(99)40(14-8-23-73-63(69)70)79-50(90)37(65)18-19-48(66)88)53(93)83-44(32-87)55(95)82-43(29-36-30-71-33-75-36)54(94)77-38(12-5-6-21-64)51(91)74-31-49(89)84-24-9-15-45(84)57(97)80-41(20-27-103-4)60(100)85-25-10-16-46(85)56(96)76-35(3)61(101)102/h30,33-35,37-47,87H,5-29,31-32,64-65H2,1-4H3,(H2,66,88)(H,71,75)(H,74,91)(H,76,96)(H,77,94)(H,78,98)(H,79,90)(H,80,97)(H,81,92)(H,82,95)(H,83,93)(H,101,102)(H4,67,68,72)(H4,69,70,73)/t35-,37+,38-,39+,40+,41+,42+,43+,44+,45+,46+,47+/m1/s1. The molecule has 1 aromatic rings. The highest BCUT2D eigenvalue weighted by Crippen LogP contribution is 2.24. The summed E-state index contributed by atoms with van der Waals surface area (Å²) in [5.41, 5.74) is 39.5. The van der Waals surface area contributed by atoms with Crippen LogP contribution in [0.5, 0.6) is 0 Å². The third kappa shape index (κ3) is 28.7. The van der Waals surface area contributed by atoms with Crippen LogP contribution in [0.1, 0.15) is 136 Å². The quantitative estimate of drug-likeness (QED) is 0.0164. The van der Waals surface area contributed by atoms with E-state index in [0.29, 0.717) is 43.6 Å². The monoisotopic (exact) mass is 1470 g/mol. The number of nitrogens with two attached hydrogens (primary N) is 7. The Morgan fingerprint density at radius 1 is 0.583 bits per heavy atom. The topological polar surface area (TPSA) is 633 Å². The van der Waals surface area contributed by atoms with Gasteiger partial charge in [0.05, 0.1) is 25.5 Å². The number of unbranched alkanes of at least 4 members (excludes halogenated alkanes) is 1. The number of hydrogen-bond acceptors (Lipinski definition) is 21. The highest BCUT2D eigenvalue weighted by molar-refractivity contribution is 7.98. The van der Waals surface area contributed by atoms with Crippen molar-refractivity contribution < 1.29 is 77.3 Å². The zero-order valence-electron chi connectivity index (χ0n) is 59.0. The summed E-state index contributed by atoms with van der Waals surface area (Å²) in [5, 5.41) is 43.4. The van der Waals surface area contributed by atoms with Crippen molar-refractivity contribution in [2.45, 2.75) is 209 Å².